The molecular weight excluding hydrogens is 532 g/mol. The van der Waals surface area contributed by atoms with Gasteiger partial charge in [0.2, 0.25) is 5.84 Å². The Hall–Kier alpha value is -3.26. The Morgan fingerprint density at radius 2 is 1.89 bits per heavy atom. The van der Waals surface area contributed by atoms with Gasteiger partial charge in [0.15, 0.2) is 0 Å². The first-order chi connectivity index (χ1) is 17.9. The van der Waals surface area contributed by atoms with Gasteiger partial charge in [-0.2, -0.15) is 0 Å². The topological polar surface area (TPSA) is 78.5 Å². The number of amides is 2. The molecule has 1 aliphatic carbocycles. The lowest BCUT2D eigenvalue weighted by atomic mass is 9.97. The van der Waals surface area contributed by atoms with Crippen LogP contribution in [0.5, 0.6) is 0 Å². The fraction of sp³-hybridized carbons (Fsp3) is 0.379. The van der Waals surface area contributed by atoms with Gasteiger partial charge in [0.1, 0.15) is 11.3 Å². The smallest absolute Gasteiger partial charge is 0.291 e. The fourth-order valence-electron chi connectivity index (χ4n) is 5.88. The van der Waals surface area contributed by atoms with Crippen molar-refractivity contribution in [1.82, 2.24) is 9.80 Å². The third kappa shape index (κ3) is 4.21. The van der Waals surface area contributed by atoms with Gasteiger partial charge >= 0.3 is 0 Å². The Morgan fingerprint density at radius 3 is 2.65 bits per heavy atom. The number of rotatable bonds is 3. The first-order valence-electron chi connectivity index (χ1n) is 12.8. The van der Waals surface area contributed by atoms with Crippen LogP contribution in [-0.4, -0.2) is 65.4 Å². The Balaban J connectivity index is 1.22. The Kier molecular flexibility index (Phi) is 6.02. The van der Waals surface area contributed by atoms with E-state index in [0.717, 1.165) is 22.7 Å². The fourth-order valence-corrected chi connectivity index (χ4v) is 6.24. The number of hydrogen-bond donors (Lipinski definition) is 0. The van der Waals surface area contributed by atoms with E-state index in [9.17, 15) is 9.59 Å². The zero-order valence-electron chi connectivity index (χ0n) is 21.0. The highest BCUT2D eigenvalue weighted by molar-refractivity contribution is 9.10. The normalized spacial score (nSPS) is 25.3. The summed E-state index contributed by atoms with van der Waals surface area (Å²) in [7, 11) is 0. The Labute approximate surface area is 224 Å². The van der Waals surface area contributed by atoms with Crippen LogP contribution in [0, 0.1) is 12.8 Å². The quantitative estimate of drug-likeness (QED) is 0.440. The molecule has 3 atom stereocenters. The van der Waals surface area contributed by atoms with Crippen molar-refractivity contribution in [2.24, 2.45) is 15.9 Å². The number of aryl methyl sites for hydroxylation is 1. The maximum absolute atomic E-state index is 13.7. The van der Waals surface area contributed by atoms with Crippen LogP contribution >= 0.6 is 15.9 Å². The van der Waals surface area contributed by atoms with Crippen LogP contribution in [0.4, 0.5) is 0 Å². The van der Waals surface area contributed by atoms with Crippen molar-refractivity contribution in [3.63, 3.8) is 0 Å². The van der Waals surface area contributed by atoms with Gasteiger partial charge in [-0.3, -0.25) is 14.6 Å². The number of fused-ring (bicyclic) bond motifs is 1. The second kappa shape index (κ2) is 9.24. The molecule has 2 aromatic carbocycles. The van der Waals surface area contributed by atoms with Crippen LogP contribution < -0.4 is 0 Å². The van der Waals surface area contributed by atoms with Crippen LogP contribution in [0.3, 0.4) is 0 Å². The molecule has 2 fully saturated rings. The number of furan rings is 1. The minimum atomic E-state index is -0.373. The van der Waals surface area contributed by atoms with E-state index in [-0.39, 0.29) is 29.1 Å². The summed E-state index contributed by atoms with van der Waals surface area (Å²) in [6, 6.07) is 15.9. The molecule has 0 bridgehead atoms. The molecule has 1 saturated carbocycles. The summed E-state index contributed by atoms with van der Waals surface area (Å²) in [5.74, 6) is 1.16. The SMILES string of the molecule is Cc1oc2ccc(Br)cc2c1C(=O)N1CCN(C(=O)C2=NCCC(c3ccccc3)C=N2)C2(CC2C)C1. The molecule has 7 nitrogen and oxygen atoms in total. The van der Waals surface area contributed by atoms with Gasteiger partial charge < -0.3 is 14.2 Å². The number of aliphatic imine (C=N–C) groups is 2. The lowest BCUT2D eigenvalue weighted by molar-refractivity contribution is -0.130. The molecule has 1 spiro atoms. The van der Waals surface area contributed by atoms with Crippen molar-refractivity contribution in [3.8, 4) is 0 Å². The molecule has 0 N–H and O–H groups in total. The zero-order valence-corrected chi connectivity index (χ0v) is 22.6. The minimum absolute atomic E-state index is 0.0459. The lowest BCUT2D eigenvalue weighted by Gasteiger charge is -2.42. The summed E-state index contributed by atoms with van der Waals surface area (Å²) in [4.78, 5) is 40.3. The van der Waals surface area contributed by atoms with Gasteiger partial charge in [-0.25, -0.2) is 4.99 Å². The number of piperazine rings is 1. The summed E-state index contributed by atoms with van der Waals surface area (Å²) in [6.45, 7) is 5.97. The van der Waals surface area contributed by atoms with E-state index in [1.165, 1.54) is 5.56 Å². The Bertz CT molecular complexity index is 1450. The number of carbonyl (C=O) groups excluding carboxylic acids is 2. The van der Waals surface area contributed by atoms with Gasteiger partial charge in [-0.05, 0) is 49.4 Å². The van der Waals surface area contributed by atoms with Crippen LogP contribution in [0.2, 0.25) is 0 Å². The second-order valence-corrected chi connectivity index (χ2v) is 11.3. The van der Waals surface area contributed by atoms with Crippen molar-refractivity contribution in [2.75, 3.05) is 26.2 Å². The molecule has 37 heavy (non-hydrogen) atoms. The minimum Gasteiger partial charge on any atom is -0.461 e. The number of amidine groups is 1. The molecule has 2 amide bonds. The molecule has 3 aromatic rings. The average Bonchev–Trinajstić information content (AvgIpc) is 3.50. The Morgan fingerprint density at radius 1 is 1.11 bits per heavy atom. The first-order valence-corrected chi connectivity index (χ1v) is 13.6. The molecule has 8 heteroatoms. The number of nitrogens with zero attached hydrogens (tertiary/aromatic N) is 4. The number of halogens is 1. The molecular formula is C29H29BrN4O3. The zero-order chi connectivity index (χ0) is 25.7. The van der Waals surface area contributed by atoms with Crippen LogP contribution in [-0.2, 0) is 4.79 Å². The molecule has 3 aliphatic rings. The summed E-state index contributed by atoms with van der Waals surface area (Å²) in [5.41, 5.74) is 2.11. The lowest BCUT2D eigenvalue weighted by Crippen LogP contribution is -2.60. The van der Waals surface area contributed by atoms with Crippen molar-refractivity contribution in [3.05, 3.63) is 69.9 Å². The van der Waals surface area contributed by atoms with Crippen molar-refractivity contribution < 1.29 is 14.0 Å². The summed E-state index contributed by atoms with van der Waals surface area (Å²) in [6.07, 6.45) is 3.55. The average molecular weight is 561 g/mol. The molecule has 2 aliphatic heterocycles. The third-order valence-electron chi connectivity index (χ3n) is 8.08. The van der Waals surface area contributed by atoms with E-state index >= 15 is 0 Å². The number of carbonyl (C=O) groups is 2. The highest BCUT2D eigenvalue weighted by Gasteiger charge is 2.60. The number of benzene rings is 2. The predicted molar refractivity (Wildman–Crippen MR) is 147 cm³/mol. The molecule has 3 unspecified atom stereocenters. The molecule has 6 rings (SSSR count). The van der Waals surface area contributed by atoms with E-state index in [4.69, 9.17) is 4.42 Å². The largest absolute Gasteiger partial charge is 0.461 e. The third-order valence-corrected chi connectivity index (χ3v) is 8.58. The van der Waals surface area contributed by atoms with Crippen LogP contribution in [0.1, 0.15) is 47.4 Å². The van der Waals surface area contributed by atoms with Crippen molar-refractivity contribution in [2.45, 2.75) is 38.1 Å². The van der Waals surface area contributed by atoms with E-state index in [1.54, 1.807) is 0 Å². The maximum Gasteiger partial charge on any atom is 0.291 e. The standard InChI is InChI=1S/C29H29BrN4O3/c1-18-15-29(18)17-33(27(35)25-19(2)37-24-9-8-22(30)14-23(24)25)12-13-34(29)28(36)26-31-11-10-21(16-32-26)20-6-4-3-5-7-20/h3-9,14,16,18,21H,10-13,15,17H2,1-2H3. The highest BCUT2D eigenvalue weighted by atomic mass is 79.9. The molecule has 0 radical (unpaired) electrons. The van der Waals surface area contributed by atoms with Gasteiger partial charge in [-0.15, -0.1) is 0 Å². The van der Waals surface area contributed by atoms with Gasteiger partial charge in [0.05, 0.1) is 11.1 Å². The second-order valence-electron chi connectivity index (χ2n) is 10.4. The monoisotopic (exact) mass is 560 g/mol. The van der Waals surface area contributed by atoms with Crippen molar-refractivity contribution >= 4 is 50.8 Å². The van der Waals surface area contributed by atoms with E-state index in [2.05, 4.69) is 45.0 Å². The van der Waals surface area contributed by atoms with E-state index < -0.39 is 0 Å². The van der Waals surface area contributed by atoms with Crippen molar-refractivity contribution in [1.29, 1.82) is 0 Å². The van der Waals surface area contributed by atoms with Crippen LogP contribution in [0.15, 0.2) is 67.4 Å². The van der Waals surface area contributed by atoms with E-state index in [1.807, 2.05) is 59.3 Å². The van der Waals surface area contributed by atoms with E-state index in [0.29, 0.717) is 49.0 Å². The van der Waals surface area contributed by atoms with Gasteiger partial charge in [0, 0.05) is 48.2 Å². The molecule has 1 aromatic heterocycles. The predicted octanol–water partition coefficient (Wildman–Crippen LogP) is 5.22. The van der Waals surface area contributed by atoms with Gasteiger partial charge in [0.25, 0.3) is 11.8 Å². The van der Waals surface area contributed by atoms with Gasteiger partial charge in [-0.1, -0.05) is 53.2 Å². The summed E-state index contributed by atoms with van der Waals surface area (Å²) >= 11 is 3.51. The summed E-state index contributed by atoms with van der Waals surface area (Å²) < 4.78 is 6.78. The number of hydrogen-bond acceptors (Lipinski definition) is 5. The molecule has 190 valence electrons. The first kappa shape index (κ1) is 24.1. The maximum atomic E-state index is 13.7. The highest BCUT2D eigenvalue weighted by Crippen LogP contribution is 2.50. The summed E-state index contributed by atoms with van der Waals surface area (Å²) in [5, 5.41) is 0.809. The molecule has 1 saturated heterocycles. The van der Waals surface area contributed by atoms with Crippen LogP contribution in [0.25, 0.3) is 11.0 Å². The molecule has 3 heterocycles.